The molecule has 6 heteroatoms. The largest absolute Gasteiger partial charge is 0.463 e. The van der Waals surface area contributed by atoms with Gasteiger partial charge in [-0.15, -0.1) is 0 Å². The van der Waals surface area contributed by atoms with Crippen molar-refractivity contribution in [2.24, 2.45) is 5.73 Å². The van der Waals surface area contributed by atoms with Crippen LogP contribution in [0.1, 0.15) is 5.56 Å². The molecule has 1 aromatic rings. The van der Waals surface area contributed by atoms with Gasteiger partial charge in [0.15, 0.2) is 0 Å². The smallest absolute Gasteiger partial charge is 0.431 e. The van der Waals surface area contributed by atoms with E-state index in [1.165, 1.54) is 0 Å². The van der Waals surface area contributed by atoms with Crippen LogP contribution in [-0.2, 0) is 6.54 Å². The molecule has 0 saturated heterocycles. The Labute approximate surface area is 86.8 Å². The quantitative estimate of drug-likeness (QED) is 0.337. The summed E-state index contributed by atoms with van der Waals surface area (Å²) in [6.45, 7) is 0.438. The Balaban J connectivity index is 2.71. The number of carboxylic acid groups (broad SMARTS) is 1. The van der Waals surface area contributed by atoms with Gasteiger partial charge in [0.2, 0.25) is 0 Å². The molecule has 0 unspecified atom stereocenters. The number of hydrogen-bond donors (Lipinski definition) is 4. The van der Waals surface area contributed by atoms with Crippen LogP contribution in [0.3, 0.4) is 0 Å². The maximum absolute atomic E-state index is 10.6. The molecule has 1 aromatic carbocycles. The highest BCUT2D eigenvalue weighted by molar-refractivity contribution is 5.81. The summed E-state index contributed by atoms with van der Waals surface area (Å²) in [5, 5.41) is 16.1. The van der Waals surface area contributed by atoms with Crippen molar-refractivity contribution in [3.05, 3.63) is 29.8 Å². The summed E-state index contributed by atoms with van der Waals surface area (Å²) in [5.41, 5.74) is 9.48. The van der Waals surface area contributed by atoms with E-state index < -0.39 is 6.09 Å². The van der Waals surface area contributed by atoms with E-state index in [2.05, 4.69) is 5.43 Å². The predicted molar refractivity (Wildman–Crippen MR) is 56.6 cm³/mol. The average molecular weight is 208 g/mol. The number of nitrogens with zero attached hydrogens (tertiary/aromatic N) is 1. The Morgan fingerprint density at radius 2 is 2.13 bits per heavy atom. The molecule has 6 nitrogen and oxygen atoms in total. The van der Waals surface area contributed by atoms with Crippen molar-refractivity contribution in [2.75, 3.05) is 5.43 Å². The Kier molecular flexibility index (Phi) is 3.64. The molecule has 0 aliphatic heterocycles. The Hall–Kier alpha value is -2.08. The number of nitrogens with one attached hydrogen (secondary N) is 2. The molecule has 5 N–H and O–H groups in total. The lowest BCUT2D eigenvalue weighted by molar-refractivity contribution is 0.176. The van der Waals surface area contributed by atoms with Crippen molar-refractivity contribution in [3.8, 4) is 0 Å². The van der Waals surface area contributed by atoms with Gasteiger partial charge in [0, 0.05) is 6.54 Å². The molecule has 0 heterocycles. The van der Waals surface area contributed by atoms with Crippen LogP contribution in [0.25, 0.3) is 0 Å². The molecule has 1 rings (SSSR count). The first-order valence-electron chi connectivity index (χ1n) is 4.25. The molecule has 1 amide bonds. The molecule has 0 radical (unpaired) electrons. The topological polar surface area (TPSA) is 102 Å². The second-order valence-electron chi connectivity index (χ2n) is 2.79. The molecular formula is C9H12N4O2. The molecule has 0 atom stereocenters. The summed E-state index contributed by atoms with van der Waals surface area (Å²) in [6, 6.07) is 6.96. The normalized spacial score (nSPS) is 9.40. The van der Waals surface area contributed by atoms with Crippen molar-refractivity contribution in [2.45, 2.75) is 6.54 Å². The van der Waals surface area contributed by atoms with Crippen molar-refractivity contribution < 1.29 is 9.90 Å². The van der Waals surface area contributed by atoms with Crippen LogP contribution in [0, 0.1) is 5.41 Å². The fourth-order valence-corrected chi connectivity index (χ4v) is 0.990. The van der Waals surface area contributed by atoms with Crippen LogP contribution < -0.4 is 11.2 Å². The first-order valence-corrected chi connectivity index (χ1v) is 4.25. The van der Waals surface area contributed by atoms with Gasteiger partial charge >= 0.3 is 6.09 Å². The average Bonchev–Trinajstić information content (AvgIpc) is 2.26. The third kappa shape index (κ3) is 2.96. The van der Waals surface area contributed by atoms with Crippen molar-refractivity contribution in [3.63, 3.8) is 0 Å². The third-order valence-electron chi connectivity index (χ3n) is 1.77. The van der Waals surface area contributed by atoms with Gasteiger partial charge in [0.1, 0.15) is 6.34 Å². The summed E-state index contributed by atoms with van der Waals surface area (Å²) in [6.07, 6.45) is -0.563. The molecule has 0 fully saturated rings. The Morgan fingerprint density at radius 3 is 2.53 bits per heavy atom. The van der Waals surface area contributed by atoms with Crippen LogP contribution in [0.15, 0.2) is 24.3 Å². The lowest BCUT2D eigenvalue weighted by atomic mass is 10.2. The van der Waals surface area contributed by atoms with Crippen LogP contribution in [0.4, 0.5) is 10.5 Å². The number of rotatable bonds is 4. The van der Waals surface area contributed by atoms with Crippen LogP contribution in [0.2, 0.25) is 0 Å². The third-order valence-corrected chi connectivity index (χ3v) is 1.77. The minimum absolute atomic E-state index is 0.438. The lowest BCUT2D eigenvalue weighted by Crippen LogP contribution is -2.33. The van der Waals surface area contributed by atoms with Gasteiger partial charge in [-0.1, -0.05) is 12.1 Å². The number of hydrogen-bond acceptors (Lipinski definition) is 4. The molecule has 0 aliphatic rings. The SMILES string of the molecule is N=CN(Nc1ccc(CN)cc1)C(=O)O. The second-order valence-corrected chi connectivity index (χ2v) is 2.79. The maximum Gasteiger partial charge on any atom is 0.431 e. The number of anilines is 1. The van der Waals surface area contributed by atoms with Crippen LogP contribution in [0.5, 0.6) is 0 Å². The van der Waals surface area contributed by atoms with Crippen LogP contribution >= 0.6 is 0 Å². The fourth-order valence-electron chi connectivity index (χ4n) is 0.990. The number of amides is 1. The highest BCUT2D eigenvalue weighted by Gasteiger charge is 2.07. The highest BCUT2D eigenvalue weighted by atomic mass is 16.4. The van der Waals surface area contributed by atoms with E-state index >= 15 is 0 Å². The minimum atomic E-state index is -1.24. The molecule has 0 spiro atoms. The summed E-state index contributed by atoms with van der Waals surface area (Å²) in [5.74, 6) is 0. The summed E-state index contributed by atoms with van der Waals surface area (Å²) in [4.78, 5) is 10.6. The standard InChI is InChI=1S/C9H12N4O2/c10-5-7-1-3-8(4-2-7)12-13(6-11)9(14)15/h1-4,6,11-12H,5,10H2,(H,14,15). The molecule has 0 aliphatic carbocycles. The van der Waals surface area contributed by atoms with Gasteiger partial charge < -0.3 is 10.8 Å². The van der Waals surface area contributed by atoms with Gasteiger partial charge in [-0.2, -0.15) is 5.01 Å². The van der Waals surface area contributed by atoms with Crippen molar-refractivity contribution >= 4 is 18.1 Å². The predicted octanol–water partition coefficient (Wildman–Crippen LogP) is 1.06. The van der Waals surface area contributed by atoms with Gasteiger partial charge in [-0.05, 0) is 17.7 Å². The molecule has 0 saturated carbocycles. The first kappa shape index (κ1) is 11.0. The van der Waals surface area contributed by atoms with Gasteiger partial charge in [-0.25, -0.2) is 4.79 Å². The van der Waals surface area contributed by atoms with Gasteiger partial charge in [0.05, 0.1) is 5.69 Å². The molecule has 80 valence electrons. The summed E-state index contributed by atoms with van der Waals surface area (Å²) in [7, 11) is 0. The molecule has 15 heavy (non-hydrogen) atoms. The van der Waals surface area contributed by atoms with Gasteiger partial charge in [0.25, 0.3) is 0 Å². The molecule has 0 bridgehead atoms. The van der Waals surface area contributed by atoms with Crippen molar-refractivity contribution in [1.82, 2.24) is 5.01 Å². The molecular weight excluding hydrogens is 196 g/mol. The fraction of sp³-hybridized carbons (Fsp3) is 0.111. The maximum atomic E-state index is 10.6. The summed E-state index contributed by atoms with van der Waals surface area (Å²) >= 11 is 0. The van der Waals surface area contributed by atoms with E-state index in [4.69, 9.17) is 16.2 Å². The zero-order valence-electron chi connectivity index (χ0n) is 7.97. The molecule has 0 aromatic heterocycles. The number of carbonyl (C=O) groups is 1. The van der Waals surface area contributed by atoms with E-state index in [9.17, 15) is 4.79 Å². The van der Waals surface area contributed by atoms with E-state index in [0.29, 0.717) is 23.6 Å². The Bertz CT molecular complexity index is 350. The number of nitrogens with two attached hydrogens (primary N) is 1. The number of benzene rings is 1. The Morgan fingerprint density at radius 1 is 1.53 bits per heavy atom. The zero-order chi connectivity index (χ0) is 11.3. The lowest BCUT2D eigenvalue weighted by Gasteiger charge is -2.15. The van der Waals surface area contributed by atoms with Gasteiger partial charge in [-0.3, -0.25) is 10.8 Å². The minimum Gasteiger partial charge on any atom is -0.463 e. The van der Waals surface area contributed by atoms with E-state index in [0.717, 1.165) is 5.56 Å². The zero-order valence-corrected chi connectivity index (χ0v) is 7.97. The highest BCUT2D eigenvalue weighted by Crippen LogP contribution is 2.09. The van der Waals surface area contributed by atoms with E-state index in [1.54, 1.807) is 24.3 Å². The van der Waals surface area contributed by atoms with E-state index in [-0.39, 0.29) is 0 Å². The second kappa shape index (κ2) is 4.97. The summed E-state index contributed by atoms with van der Waals surface area (Å²) < 4.78 is 0. The number of hydrazine groups is 1. The first-order chi connectivity index (χ1) is 7.17. The van der Waals surface area contributed by atoms with Crippen LogP contribution in [-0.4, -0.2) is 22.5 Å². The van der Waals surface area contributed by atoms with Crippen molar-refractivity contribution in [1.29, 1.82) is 5.41 Å². The monoisotopic (exact) mass is 208 g/mol. The van der Waals surface area contributed by atoms with E-state index in [1.807, 2.05) is 0 Å².